The van der Waals surface area contributed by atoms with Gasteiger partial charge in [-0.05, 0) is 23.8 Å². The molecule has 29 heavy (non-hydrogen) atoms. The van der Waals surface area contributed by atoms with Crippen LogP contribution in [0.3, 0.4) is 0 Å². The molecule has 2 aromatic carbocycles. The molecule has 2 amide bonds. The molecular weight excluding hydrogens is 414 g/mol. The third-order valence-electron chi connectivity index (χ3n) is 3.88. The summed E-state index contributed by atoms with van der Waals surface area (Å²) in [4.78, 5) is 28.1. The number of halogens is 1. The van der Waals surface area contributed by atoms with Gasteiger partial charge in [-0.3, -0.25) is 9.59 Å². The number of methoxy groups -OCH3 is 1. The molecule has 0 aliphatic carbocycles. The molecule has 3 N–H and O–H groups in total. The molecule has 0 atom stereocenters. The highest BCUT2D eigenvalue weighted by atomic mass is 35.5. The summed E-state index contributed by atoms with van der Waals surface area (Å²) in [5.74, 6) is 0.0166. The maximum absolute atomic E-state index is 12.5. The molecule has 150 valence electrons. The van der Waals surface area contributed by atoms with Crippen LogP contribution in [0.5, 0.6) is 11.5 Å². The number of hydrogen-bond donors (Lipinski definition) is 2. The Labute approximate surface area is 176 Å². The van der Waals surface area contributed by atoms with Crippen molar-refractivity contribution in [2.24, 2.45) is 5.73 Å². The number of amides is 2. The number of thiazole rings is 1. The topological polar surface area (TPSA) is 104 Å². The molecule has 0 aliphatic heterocycles. The smallest absolute Gasteiger partial charge is 0.263 e. The number of nitrogens with one attached hydrogen (secondary N) is 1. The summed E-state index contributed by atoms with van der Waals surface area (Å²) in [6.07, 6.45) is 1.53. The maximum atomic E-state index is 12.5. The van der Waals surface area contributed by atoms with Crippen molar-refractivity contribution < 1.29 is 19.1 Å². The molecule has 3 rings (SSSR count). The highest BCUT2D eigenvalue weighted by molar-refractivity contribution is 7.17. The van der Waals surface area contributed by atoms with Gasteiger partial charge < -0.3 is 20.5 Å². The summed E-state index contributed by atoms with van der Waals surface area (Å²) >= 11 is 7.45. The van der Waals surface area contributed by atoms with Crippen molar-refractivity contribution in [2.75, 3.05) is 13.7 Å². The quantitative estimate of drug-likeness (QED) is 0.569. The van der Waals surface area contributed by atoms with E-state index in [0.29, 0.717) is 26.4 Å². The number of hydrogen-bond acceptors (Lipinski definition) is 6. The van der Waals surface area contributed by atoms with Crippen LogP contribution in [0.15, 0.2) is 48.7 Å². The SMILES string of the molecule is COc1cc(CNC(=O)c2cnc(-c3ccccc3Cl)s2)ccc1OCC(N)=O. The molecule has 0 fully saturated rings. The molecule has 0 unspecified atom stereocenters. The molecule has 0 radical (unpaired) electrons. The van der Waals surface area contributed by atoms with Crippen molar-refractivity contribution in [3.8, 4) is 22.1 Å². The van der Waals surface area contributed by atoms with E-state index in [2.05, 4.69) is 10.3 Å². The monoisotopic (exact) mass is 431 g/mol. The average molecular weight is 432 g/mol. The first-order valence-electron chi connectivity index (χ1n) is 8.55. The van der Waals surface area contributed by atoms with Gasteiger partial charge in [0.25, 0.3) is 11.8 Å². The largest absolute Gasteiger partial charge is 0.493 e. The van der Waals surface area contributed by atoms with E-state index in [1.54, 1.807) is 24.3 Å². The van der Waals surface area contributed by atoms with Gasteiger partial charge in [0.1, 0.15) is 9.88 Å². The lowest BCUT2D eigenvalue weighted by molar-refractivity contribution is -0.119. The number of primary amides is 1. The van der Waals surface area contributed by atoms with Gasteiger partial charge in [0.05, 0.1) is 18.3 Å². The van der Waals surface area contributed by atoms with Gasteiger partial charge in [0.2, 0.25) is 0 Å². The Kier molecular flexibility index (Phi) is 6.69. The molecular formula is C20H18ClN3O4S. The van der Waals surface area contributed by atoms with Crippen LogP contribution in [-0.4, -0.2) is 30.5 Å². The van der Waals surface area contributed by atoms with Crippen molar-refractivity contribution in [3.05, 3.63) is 64.1 Å². The van der Waals surface area contributed by atoms with Crippen LogP contribution < -0.4 is 20.5 Å². The van der Waals surface area contributed by atoms with Gasteiger partial charge in [-0.25, -0.2) is 4.98 Å². The summed E-state index contributed by atoms with van der Waals surface area (Å²) in [5.41, 5.74) is 6.67. The first-order valence-corrected chi connectivity index (χ1v) is 9.74. The number of carbonyl (C=O) groups is 2. The zero-order valence-electron chi connectivity index (χ0n) is 15.5. The zero-order chi connectivity index (χ0) is 20.8. The Morgan fingerprint density at radius 2 is 2.00 bits per heavy atom. The van der Waals surface area contributed by atoms with E-state index in [9.17, 15) is 9.59 Å². The minimum atomic E-state index is -0.580. The minimum Gasteiger partial charge on any atom is -0.493 e. The molecule has 3 aromatic rings. The molecule has 0 spiro atoms. The van der Waals surface area contributed by atoms with E-state index in [1.807, 2.05) is 18.2 Å². The first-order chi connectivity index (χ1) is 14.0. The summed E-state index contributed by atoms with van der Waals surface area (Å²) in [7, 11) is 1.49. The molecule has 1 heterocycles. The van der Waals surface area contributed by atoms with Gasteiger partial charge in [-0.1, -0.05) is 35.9 Å². The standard InChI is InChI=1S/C20H18ClN3O4S/c1-27-16-8-12(6-7-15(16)28-11-18(22)25)9-23-19(26)17-10-24-20(29-17)13-4-2-3-5-14(13)21/h2-8,10H,9,11H2,1H3,(H2,22,25)(H,23,26). The lowest BCUT2D eigenvalue weighted by Crippen LogP contribution is -2.22. The number of aromatic nitrogens is 1. The number of carbonyl (C=O) groups excluding carboxylic acids is 2. The summed E-state index contributed by atoms with van der Waals surface area (Å²) < 4.78 is 10.6. The van der Waals surface area contributed by atoms with E-state index in [4.69, 9.17) is 26.8 Å². The summed E-state index contributed by atoms with van der Waals surface area (Å²) in [6.45, 7) is 0.0379. The van der Waals surface area contributed by atoms with Crippen LogP contribution in [0, 0.1) is 0 Å². The second-order valence-corrected chi connectivity index (χ2v) is 7.37. The van der Waals surface area contributed by atoms with E-state index >= 15 is 0 Å². The zero-order valence-corrected chi connectivity index (χ0v) is 17.0. The molecule has 0 saturated carbocycles. The van der Waals surface area contributed by atoms with E-state index in [1.165, 1.54) is 24.6 Å². The summed E-state index contributed by atoms with van der Waals surface area (Å²) in [5, 5.41) is 4.11. The van der Waals surface area contributed by atoms with Crippen molar-refractivity contribution in [1.29, 1.82) is 0 Å². The fourth-order valence-corrected chi connectivity index (χ4v) is 3.65. The Hall–Kier alpha value is -3.10. The lowest BCUT2D eigenvalue weighted by Gasteiger charge is -2.11. The maximum Gasteiger partial charge on any atom is 0.263 e. The highest BCUT2D eigenvalue weighted by Gasteiger charge is 2.14. The second kappa shape index (κ2) is 9.40. The summed E-state index contributed by atoms with van der Waals surface area (Å²) in [6, 6.07) is 12.5. The highest BCUT2D eigenvalue weighted by Crippen LogP contribution is 2.31. The Bertz CT molecular complexity index is 1040. The van der Waals surface area contributed by atoms with Crippen LogP contribution in [0.2, 0.25) is 5.02 Å². The Morgan fingerprint density at radius 1 is 1.21 bits per heavy atom. The fraction of sp³-hybridized carbons (Fsp3) is 0.150. The van der Waals surface area contributed by atoms with Gasteiger partial charge in [0.15, 0.2) is 18.1 Å². The number of benzene rings is 2. The normalized spacial score (nSPS) is 10.4. The second-order valence-electron chi connectivity index (χ2n) is 5.93. The van der Waals surface area contributed by atoms with E-state index < -0.39 is 5.91 Å². The average Bonchev–Trinajstić information content (AvgIpc) is 3.21. The Morgan fingerprint density at radius 3 is 2.72 bits per heavy atom. The van der Waals surface area contributed by atoms with Crippen LogP contribution >= 0.6 is 22.9 Å². The van der Waals surface area contributed by atoms with Crippen molar-refractivity contribution in [1.82, 2.24) is 10.3 Å². The van der Waals surface area contributed by atoms with Crippen LogP contribution in [0.25, 0.3) is 10.6 Å². The predicted octanol–water partition coefficient (Wildman–Crippen LogP) is 3.27. The lowest BCUT2D eigenvalue weighted by atomic mass is 10.2. The third-order valence-corrected chi connectivity index (χ3v) is 5.24. The van der Waals surface area contributed by atoms with Gasteiger partial charge >= 0.3 is 0 Å². The number of rotatable bonds is 8. The van der Waals surface area contributed by atoms with Crippen LogP contribution in [0.1, 0.15) is 15.2 Å². The molecule has 0 aliphatic rings. The predicted molar refractivity (Wildman–Crippen MR) is 111 cm³/mol. The van der Waals surface area contributed by atoms with Gasteiger partial charge in [-0.2, -0.15) is 0 Å². The van der Waals surface area contributed by atoms with Crippen LogP contribution in [-0.2, 0) is 11.3 Å². The minimum absolute atomic E-state index is 0.242. The van der Waals surface area contributed by atoms with Gasteiger partial charge in [-0.15, -0.1) is 11.3 Å². The number of nitrogens with zero attached hydrogens (tertiary/aromatic N) is 1. The molecule has 0 bridgehead atoms. The first kappa shape index (κ1) is 20.6. The number of nitrogens with two attached hydrogens (primary N) is 1. The van der Waals surface area contributed by atoms with Crippen molar-refractivity contribution in [3.63, 3.8) is 0 Å². The van der Waals surface area contributed by atoms with Crippen molar-refractivity contribution in [2.45, 2.75) is 6.54 Å². The molecule has 0 saturated heterocycles. The van der Waals surface area contributed by atoms with E-state index in [0.717, 1.165) is 11.1 Å². The molecule has 7 nitrogen and oxygen atoms in total. The fourth-order valence-electron chi connectivity index (χ4n) is 2.50. The third kappa shape index (κ3) is 5.24. The van der Waals surface area contributed by atoms with Gasteiger partial charge in [0, 0.05) is 12.1 Å². The molecule has 9 heteroatoms. The van der Waals surface area contributed by atoms with Crippen molar-refractivity contribution >= 4 is 34.8 Å². The van der Waals surface area contributed by atoms with E-state index in [-0.39, 0.29) is 19.1 Å². The number of ether oxygens (including phenoxy) is 2. The van der Waals surface area contributed by atoms with Crippen LogP contribution in [0.4, 0.5) is 0 Å². The molecule has 1 aromatic heterocycles. The Balaban J connectivity index is 1.65.